The highest BCUT2D eigenvalue weighted by atomic mass is 16.7. The maximum atomic E-state index is 13.0. The van der Waals surface area contributed by atoms with Crippen LogP contribution in [0.2, 0.25) is 0 Å². The third-order valence-corrected chi connectivity index (χ3v) is 19.9. The Morgan fingerprint density at radius 1 is 0.307 bits per heavy atom. The minimum atomic E-state index is -1.62. The third-order valence-electron chi connectivity index (χ3n) is 19.9. The summed E-state index contributed by atoms with van der Waals surface area (Å²) in [6.07, 6.45) is 109. The molecule has 0 aliphatic rings. The number of unbranched alkanes of at least 4 members (excludes halogenated alkanes) is 56. The second-order valence-corrected chi connectivity index (χ2v) is 31.2. The van der Waals surface area contributed by atoms with Gasteiger partial charge in [-0.25, -0.2) is 0 Å². The van der Waals surface area contributed by atoms with Crippen LogP contribution in [0.4, 0.5) is 0 Å². The van der Waals surface area contributed by atoms with Gasteiger partial charge in [0.05, 0.1) is 40.3 Å². The van der Waals surface area contributed by atoms with Gasteiger partial charge in [0, 0.05) is 12.8 Å². The highest BCUT2D eigenvalue weighted by Gasteiger charge is 2.22. The predicted molar refractivity (Wildman–Crippen MR) is 435 cm³/mol. The minimum Gasteiger partial charge on any atom is -0.545 e. The number of carbonyl (C=O) groups is 3. The summed E-state index contributed by atoms with van der Waals surface area (Å²) in [7, 11) is 5.95. The Morgan fingerprint density at radius 2 is 0.564 bits per heavy atom. The van der Waals surface area contributed by atoms with Gasteiger partial charge < -0.3 is 33.3 Å². The molecule has 9 heteroatoms. The van der Waals surface area contributed by atoms with Crippen molar-refractivity contribution in [3.63, 3.8) is 0 Å². The number of rotatable bonds is 83. The van der Waals surface area contributed by atoms with Gasteiger partial charge in [0.15, 0.2) is 12.4 Å². The molecule has 101 heavy (non-hydrogen) atoms. The molecule has 0 heterocycles. The Labute approximate surface area is 628 Å². The Hall–Kier alpha value is -3.27. The zero-order valence-corrected chi connectivity index (χ0v) is 67.8. The lowest BCUT2D eigenvalue weighted by Gasteiger charge is -2.26. The summed E-state index contributed by atoms with van der Waals surface area (Å²) in [5.74, 6) is -2.25. The molecule has 2 atom stereocenters. The molecular formula is C92H169NO8. The van der Waals surface area contributed by atoms with Gasteiger partial charge >= 0.3 is 11.9 Å². The molecule has 2 unspecified atom stereocenters. The largest absolute Gasteiger partial charge is 0.545 e. The molecule has 0 saturated carbocycles. The van der Waals surface area contributed by atoms with Gasteiger partial charge in [0.25, 0.3) is 0 Å². The summed E-state index contributed by atoms with van der Waals surface area (Å²) in [5.41, 5.74) is 0. The smallest absolute Gasteiger partial charge is 0.306 e. The number of nitrogens with zero attached hydrogens (tertiary/aromatic N) is 1. The lowest BCUT2D eigenvalue weighted by molar-refractivity contribution is -0.870. The van der Waals surface area contributed by atoms with E-state index in [9.17, 15) is 19.5 Å². The first-order valence-electron chi connectivity index (χ1n) is 44.1. The van der Waals surface area contributed by atoms with Crippen molar-refractivity contribution in [1.29, 1.82) is 0 Å². The molecule has 0 aromatic carbocycles. The van der Waals surface area contributed by atoms with Crippen molar-refractivity contribution in [2.45, 2.75) is 450 Å². The molecule has 590 valence electrons. The van der Waals surface area contributed by atoms with Crippen molar-refractivity contribution in [3.8, 4) is 0 Å². The molecule has 0 spiro atoms. The molecule has 0 aromatic rings. The lowest BCUT2D eigenvalue weighted by atomic mass is 10.0. The number of esters is 2. The molecule has 0 aliphatic carbocycles. The van der Waals surface area contributed by atoms with Crippen molar-refractivity contribution in [1.82, 2.24) is 0 Å². The Morgan fingerprint density at radius 3 is 0.851 bits per heavy atom. The Kier molecular flexibility index (Phi) is 79.7. The number of hydrogen-bond donors (Lipinski definition) is 0. The lowest BCUT2D eigenvalue weighted by Crippen LogP contribution is -2.44. The summed E-state index contributed by atoms with van der Waals surface area (Å²) < 4.78 is 22.9. The van der Waals surface area contributed by atoms with Crippen LogP contribution in [0.15, 0.2) is 72.9 Å². The number of ether oxygens (including phenoxy) is 4. The Balaban J connectivity index is 3.91. The van der Waals surface area contributed by atoms with E-state index in [1.54, 1.807) is 0 Å². The van der Waals surface area contributed by atoms with Gasteiger partial charge in [-0.3, -0.25) is 9.59 Å². The van der Waals surface area contributed by atoms with E-state index < -0.39 is 24.3 Å². The van der Waals surface area contributed by atoms with Crippen molar-refractivity contribution in [2.24, 2.45) is 0 Å². The van der Waals surface area contributed by atoms with Crippen LogP contribution in [0, 0.1) is 0 Å². The van der Waals surface area contributed by atoms with E-state index in [1.807, 2.05) is 21.1 Å². The van der Waals surface area contributed by atoms with Crippen LogP contribution in [-0.4, -0.2) is 82.3 Å². The van der Waals surface area contributed by atoms with E-state index in [0.717, 1.165) is 64.2 Å². The molecule has 0 bridgehead atoms. The molecule has 0 rings (SSSR count). The number of quaternary nitrogens is 1. The zero-order valence-electron chi connectivity index (χ0n) is 67.8. The molecule has 0 radical (unpaired) electrons. The second-order valence-electron chi connectivity index (χ2n) is 31.2. The molecule has 0 aromatic heterocycles. The molecule has 0 aliphatic heterocycles. The van der Waals surface area contributed by atoms with Gasteiger partial charge in [-0.1, -0.05) is 414 Å². The number of likely N-dealkylation sites (N-methyl/N-ethyl adjacent to an activating group) is 1. The second kappa shape index (κ2) is 82.4. The van der Waals surface area contributed by atoms with Crippen molar-refractivity contribution < 1.29 is 42.9 Å². The summed E-state index contributed by atoms with van der Waals surface area (Å²) in [5, 5.41) is 11.9. The van der Waals surface area contributed by atoms with Gasteiger partial charge in [-0.05, 0) is 83.5 Å². The highest BCUT2D eigenvalue weighted by molar-refractivity contribution is 5.70. The molecule has 0 fully saturated rings. The summed E-state index contributed by atoms with van der Waals surface area (Å²) in [6, 6.07) is 0. The molecule has 0 N–H and O–H groups in total. The van der Waals surface area contributed by atoms with Gasteiger partial charge in [-0.15, -0.1) is 0 Å². The molecule has 0 amide bonds. The van der Waals surface area contributed by atoms with Crippen LogP contribution in [0.25, 0.3) is 0 Å². The van der Waals surface area contributed by atoms with E-state index in [-0.39, 0.29) is 32.2 Å². The summed E-state index contributed by atoms with van der Waals surface area (Å²) in [6.45, 7) is 4.71. The van der Waals surface area contributed by atoms with Crippen molar-refractivity contribution in [3.05, 3.63) is 72.9 Å². The first kappa shape index (κ1) is 97.7. The maximum Gasteiger partial charge on any atom is 0.306 e. The van der Waals surface area contributed by atoms with Gasteiger partial charge in [0.1, 0.15) is 13.2 Å². The van der Waals surface area contributed by atoms with Crippen molar-refractivity contribution >= 4 is 17.9 Å². The fourth-order valence-electron chi connectivity index (χ4n) is 13.3. The standard InChI is InChI=1S/C92H169NO8/c1-6-8-10-12-14-16-18-20-22-24-26-28-30-32-34-36-38-40-42-43-44-45-46-47-49-50-52-54-56-58-60-62-64-66-68-70-72-74-76-78-80-82-89(94)99-86-88(87-100-92(91(96)97)98-85-84-93(3,4)5)101-90(95)83-81-79-77-75-73-71-69-67-65-63-61-59-57-55-53-51-48-41-39-37-35-33-31-29-27-25-23-21-19-17-15-13-11-9-7-2/h9,11,15,17,21,23-24,26-27,29,33,35,88,92H,6-8,10,12-14,16,18-20,22,25,28,30-32,34,36-87H2,1-5H3/b11-9-,17-15-,23-21-,26-24-,29-27-,35-33-. The summed E-state index contributed by atoms with van der Waals surface area (Å²) >= 11 is 0. The van der Waals surface area contributed by atoms with E-state index in [2.05, 4.69) is 86.8 Å². The molecule has 9 nitrogen and oxygen atoms in total. The maximum absolute atomic E-state index is 13.0. The van der Waals surface area contributed by atoms with Crippen molar-refractivity contribution in [2.75, 3.05) is 47.5 Å². The quantitative estimate of drug-likeness (QED) is 0.0195. The Bertz CT molecular complexity index is 1900. The monoisotopic (exact) mass is 1420 g/mol. The number of carbonyl (C=O) groups excluding carboxylic acids is 3. The van der Waals surface area contributed by atoms with Gasteiger partial charge in [0.2, 0.25) is 0 Å². The average molecular weight is 1420 g/mol. The normalized spacial score (nSPS) is 12.9. The fourth-order valence-corrected chi connectivity index (χ4v) is 13.3. The number of carboxylic acid groups (broad SMARTS) is 1. The predicted octanol–water partition coefficient (Wildman–Crippen LogP) is 27.4. The van der Waals surface area contributed by atoms with E-state index in [4.69, 9.17) is 18.9 Å². The van der Waals surface area contributed by atoms with E-state index >= 15 is 0 Å². The average Bonchev–Trinajstić information content (AvgIpc) is 1.25. The van der Waals surface area contributed by atoms with Gasteiger partial charge in [-0.2, -0.15) is 0 Å². The van der Waals surface area contributed by atoms with E-state index in [0.29, 0.717) is 23.9 Å². The number of hydrogen-bond acceptors (Lipinski definition) is 8. The van der Waals surface area contributed by atoms with E-state index in [1.165, 1.54) is 340 Å². The summed E-state index contributed by atoms with van der Waals surface area (Å²) in [4.78, 5) is 37.7. The van der Waals surface area contributed by atoms with Crippen LogP contribution >= 0.6 is 0 Å². The van der Waals surface area contributed by atoms with Crippen LogP contribution in [0.1, 0.15) is 438 Å². The van der Waals surface area contributed by atoms with Crippen LogP contribution in [0.3, 0.4) is 0 Å². The molecular weight excluding hydrogens is 1250 g/mol. The third kappa shape index (κ3) is 83.9. The molecule has 0 saturated heterocycles. The SMILES string of the molecule is CC/C=C\C/C=C\C/C=C\C/C=C\C/C=C\CCCCCCCCCCCCCCCCCCCCCC(=O)OC(COC(=O)CCCCCCCCCCCCCCCCCCCCCCCCCCCCCCC/C=C\CCCCCCCCCC)COC(OCC[N+](C)(C)C)C(=O)[O-]. The van der Waals surface area contributed by atoms with Crippen LogP contribution in [0.5, 0.6) is 0 Å². The zero-order chi connectivity index (χ0) is 73.2. The number of allylic oxidation sites excluding steroid dienone is 12. The fraction of sp³-hybridized carbons (Fsp3) is 0.837. The van der Waals surface area contributed by atoms with Crippen LogP contribution < -0.4 is 5.11 Å². The first-order valence-corrected chi connectivity index (χ1v) is 44.1. The highest BCUT2D eigenvalue weighted by Crippen LogP contribution is 2.20. The first-order chi connectivity index (χ1) is 49.6. The van der Waals surface area contributed by atoms with Crippen LogP contribution in [-0.2, 0) is 33.3 Å². The topological polar surface area (TPSA) is 111 Å². The number of aliphatic carboxylic acids is 1. The number of carboxylic acids is 1. The minimum absolute atomic E-state index is 0.149.